The molecule has 0 aromatic heterocycles. The lowest BCUT2D eigenvalue weighted by Gasteiger charge is -2.30. The Balaban J connectivity index is 1.39. The van der Waals surface area contributed by atoms with E-state index < -0.39 is 11.7 Å². The summed E-state index contributed by atoms with van der Waals surface area (Å²) < 4.78 is 25.3. The van der Waals surface area contributed by atoms with E-state index in [2.05, 4.69) is 5.32 Å². The Hall–Kier alpha value is -3.29. The Kier molecular flexibility index (Phi) is 7.55. The summed E-state index contributed by atoms with van der Waals surface area (Å²) in [5, 5.41) is 3.29. The summed E-state index contributed by atoms with van der Waals surface area (Å²) in [6.45, 7) is 0.882. The fraction of sp³-hybridized carbons (Fsp3) is 0.200. The lowest BCUT2D eigenvalue weighted by molar-refractivity contribution is -0.121. The zero-order chi connectivity index (χ0) is 24.1. The van der Waals surface area contributed by atoms with Crippen molar-refractivity contribution < 1.29 is 23.5 Å². The molecule has 0 radical (unpaired) electrons. The van der Waals surface area contributed by atoms with Crippen LogP contribution >= 0.6 is 23.2 Å². The Bertz CT molecular complexity index is 1180. The largest absolute Gasteiger partial charge is 0.494 e. The van der Waals surface area contributed by atoms with Crippen LogP contribution in [-0.4, -0.2) is 31.6 Å². The van der Waals surface area contributed by atoms with Crippen LogP contribution < -0.4 is 19.7 Å². The zero-order valence-corrected chi connectivity index (χ0v) is 19.5. The molecule has 4 rings (SSSR count). The summed E-state index contributed by atoms with van der Waals surface area (Å²) in [5.74, 6) is -0.334. The molecule has 1 aliphatic heterocycles. The van der Waals surface area contributed by atoms with Gasteiger partial charge in [0, 0.05) is 17.3 Å². The minimum Gasteiger partial charge on any atom is -0.494 e. The van der Waals surface area contributed by atoms with Crippen molar-refractivity contribution in [3.63, 3.8) is 0 Å². The van der Waals surface area contributed by atoms with Gasteiger partial charge >= 0.3 is 0 Å². The van der Waals surface area contributed by atoms with Crippen LogP contribution in [0.3, 0.4) is 0 Å². The maximum Gasteiger partial charge on any atom is 0.265 e. The molecule has 0 unspecified atom stereocenters. The van der Waals surface area contributed by atoms with E-state index in [1.165, 1.54) is 18.2 Å². The van der Waals surface area contributed by atoms with Crippen molar-refractivity contribution in [2.75, 3.05) is 30.0 Å². The standard InChI is InChI=1S/C25H21Cl2FN2O4/c26-16-6-9-18(10-7-16)33-13-2-1-12-30-21-14-17(8-11-22(21)34-15-23(30)31)29-25(32)24-19(27)4-3-5-20(24)28/h3-11,14H,1-2,12-13,15H2,(H,29,32). The number of unbranched alkanes of at least 4 members (excludes halogenated alkanes) is 1. The van der Waals surface area contributed by atoms with Crippen molar-refractivity contribution >= 4 is 46.4 Å². The Labute approximate surface area is 206 Å². The Morgan fingerprint density at radius 1 is 1.09 bits per heavy atom. The second-order valence-electron chi connectivity index (χ2n) is 7.58. The van der Waals surface area contributed by atoms with E-state index in [9.17, 15) is 14.0 Å². The van der Waals surface area contributed by atoms with Crippen LogP contribution in [0.25, 0.3) is 0 Å². The quantitative estimate of drug-likeness (QED) is 0.385. The smallest absolute Gasteiger partial charge is 0.265 e. The van der Waals surface area contributed by atoms with Crippen molar-refractivity contribution in [1.29, 1.82) is 0 Å². The average molecular weight is 503 g/mol. The van der Waals surface area contributed by atoms with Gasteiger partial charge in [0.1, 0.15) is 17.3 Å². The highest BCUT2D eigenvalue weighted by Crippen LogP contribution is 2.35. The summed E-state index contributed by atoms with van der Waals surface area (Å²) in [6.07, 6.45) is 1.42. The van der Waals surface area contributed by atoms with E-state index >= 15 is 0 Å². The molecule has 34 heavy (non-hydrogen) atoms. The lowest BCUT2D eigenvalue weighted by Crippen LogP contribution is -2.39. The molecule has 0 spiro atoms. The number of carbonyl (C=O) groups excluding carboxylic acids is 2. The molecule has 9 heteroatoms. The predicted octanol–water partition coefficient (Wildman–Crippen LogP) is 5.97. The average Bonchev–Trinajstić information content (AvgIpc) is 2.81. The van der Waals surface area contributed by atoms with Crippen molar-refractivity contribution in [2.45, 2.75) is 12.8 Å². The molecule has 2 amide bonds. The SMILES string of the molecule is O=C(Nc1ccc2c(c1)N(CCCCOc1ccc(Cl)cc1)C(=O)CO2)c1c(F)cccc1Cl. The molecular formula is C25H21Cl2FN2O4. The van der Waals surface area contributed by atoms with Gasteiger partial charge in [0.15, 0.2) is 6.61 Å². The summed E-state index contributed by atoms with van der Waals surface area (Å²) in [7, 11) is 0. The third-order valence-electron chi connectivity index (χ3n) is 5.21. The minimum absolute atomic E-state index is 0.0106. The number of anilines is 2. The number of hydrogen-bond acceptors (Lipinski definition) is 4. The first-order valence-corrected chi connectivity index (χ1v) is 11.4. The number of rotatable bonds is 8. The Morgan fingerprint density at radius 3 is 2.65 bits per heavy atom. The van der Waals surface area contributed by atoms with Gasteiger partial charge < -0.3 is 19.7 Å². The number of nitrogens with one attached hydrogen (secondary N) is 1. The van der Waals surface area contributed by atoms with E-state index in [1.807, 2.05) is 0 Å². The number of carbonyl (C=O) groups is 2. The highest BCUT2D eigenvalue weighted by Gasteiger charge is 2.26. The third-order valence-corrected chi connectivity index (χ3v) is 5.77. The van der Waals surface area contributed by atoms with Gasteiger partial charge in [-0.3, -0.25) is 9.59 Å². The van der Waals surface area contributed by atoms with Gasteiger partial charge in [-0.05, 0) is 67.4 Å². The number of amides is 2. The van der Waals surface area contributed by atoms with Gasteiger partial charge in [-0.1, -0.05) is 29.3 Å². The molecule has 1 N–H and O–H groups in total. The van der Waals surface area contributed by atoms with Crippen molar-refractivity contribution in [3.8, 4) is 11.5 Å². The number of fused-ring (bicyclic) bond motifs is 1. The van der Waals surface area contributed by atoms with Crippen LogP contribution in [0.2, 0.25) is 10.0 Å². The second kappa shape index (κ2) is 10.8. The molecule has 0 aliphatic carbocycles. The molecule has 0 saturated carbocycles. The van der Waals surface area contributed by atoms with Crippen molar-refractivity contribution in [3.05, 3.63) is 82.1 Å². The number of nitrogens with zero attached hydrogens (tertiary/aromatic N) is 1. The van der Waals surface area contributed by atoms with E-state index in [0.717, 1.165) is 12.2 Å². The highest BCUT2D eigenvalue weighted by molar-refractivity contribution is 6.34. The van der Waals surface area contributed by atoms with Gasteiger partial charge in [-0.2, -0.15) is 0 Å². The number of benzene rings is 3. The number of ether oxygens (including phenoxy) is 2. The Morgan fingerprint density at radius 2 is 1.88 bits per heavy atom. The van der Waals surface area contributed by atoms with Crippen LogP contribution in [0.1, 0.15) is 23.2 Å². The van der Waals surface area contributed by atoms with Crippen LogP contribution in [0.15, 0.2) is 60.7 Å². The van der Waals surface area contributed by atoms with E-state index in [1.54, 1.807) is 47.4 Å². The summed E-state index contributed by atoms with van der Waals surface area (Å²) >= 11 is 11.9. The molecule has 0 bridgehead atoms. The van der Waals surface area contributed by atoms with Crippen LogP contribution in [0.5, 0.6) is 11.5 Å². The summed E-state index contributed by atoms with van der Waals surface area (Å²) in [5.41, 5.74) is 0.677. The van der Waals surface area contributed by atoms with Gasteiger partial charge in [0.25, 0.3) is 11.8 Å². The van der Waals surface area contributed by atoms with Gasteiger partial charge in [0.05, 0.1) is 22.9 Å². The topological polar surface area (TPSA) is 67.9 Å². The highest BCUT2D eigenvalue weighted by atomic mass is 35.5. The van der Waals surface area contributed by atoms with Gasteiger partial charge in [-0.15, -0.1) is 0 Å². The van der Waals surface area contributed by atoms with Gasteiger partial charge in [-0.25, -0.2) is 4.39 Å². The first-order chi connectivity index (χ1) is 16.4. The second-order valence-corrected chi connectivity index (χ2v) is 8.42. The maximum absolute atomic E-state index is 14.1. The lowest BCUT2D eigenvalue weighted by atomic mass is 10.1. The molecule has 0 atom stereocenters. The molecule has 3 aromatic rings. The third kappa shape index (κ3) is 5.61. The monoisotopic (exact) mass is 502 g/mol. The number of hydrogen-bond donors (Lipinski definition) is 1. The first kappa shape index (κ1) is 23.9. The molecular weight excluding hydrogens is 482 g/mol. The molecule has 0 saturated heterocycles. The maximum atomic E-state index is 14.1. The molecule has 176 valence electrons. The van der Waals surface area contributed by atoms with E-state index in [0.29, 0.717) is 41.7 Å². The van der Waals surface area contributed by atoms with E-state index in [4.69, 9.17) is 32.7 Å². The van der Waals surface area contributed by atoms with Gasteiger partial charge in [0.2, 0.25) is 0 Å². The fourth-order valence-corrected chi connectivity index (χ4v) is 3.90. The minimum atomic E-state index is -0.719. The normalized spacial score (nSPS) is 12.7. The first-order valence-electron chi connectivity index (χ1n) is 10.6. The predicted molar refractivity (Wildman–Crippen MR) is 130 cm³/mol. The summed E-state index contributed by atoms with van der Waals surface area (Å²) in [4.78, 5) is 26.7. The zero-order valence-electron chi connectivity index (χ0n) is 18.0. The van der Waals surface area contributed by atoms with Crippen LogP contribution in [-0.2, 0) is 4.79 Å². The molecule has 3 aromatic carbocycles. The van der Waals surface area contributed by atoms with Crippen molar-refractivity contribution in [1.82, 2.24) is 0 Å². The summed E-state index contributed by atoms with van der Waals surface area (Å²) in [6, 6.07) is 16.1. The molecule has 1 aliphatic rings. The molecule has 6 nitrogen and oxygen atoms in total. The molecule has 0 fully saturated rings. The van der Waals surface area contributed by atoms with Crippen LogP contribution in [0, 0.1) is 5.82 Å². The molecule has 1 heterocycles. The van der Waals surface area contributed by atoms with Crippen LogP contribution in [0.4, 0.5) is 15.8 Å². The fourth-order valence-electron chi connectivity index (χ4n) is 3.53. The van der Waals surface area contributed by atoms with Crippen molar-refractivity contribution in [2.24, 2.45) is 0 Å². The number of halogens is 3. The van der Waals surface area contributed by atoms with E-state index in [-0.39, 0.29) is 23.1 Å².